The number of halogens is 1. The molecule has 0 fully saturated rings. The van der Waals surface area contributed by atoms with Crippen LogP contribution in [-0.2, 0) is 6.54 Å². The van der Waals surface area contributed by atoms with Crippen LogP contribution in [0.2, 0.25) is 5.02 Å². The van der Waals surface area contributed by atoms with Crippen LogP contribution < -0.4 is 19.5 Å². The van der Waals surface area contributed by atoms with E-state index in [2.05, 4.69) is 28.2 Å². The minimum atomic E-state index is 0.462. The van der Waals surface area contributed by atoms with Crippen molar-refractivity contribution in [2.24, 2.45) is 4.99 Å². The maximum Gasteiger partial charge on any atom is 0.206 e. The lowest BCUT2D eigenvalue weighted by molar-refractivity contribution is 0.411. The van der Waals surface area contributed by atoms with Crippen LogP contribution in [0, 0.1) is 0 Å². The van der Waals surface area contributed by atoms with Gasteiger partial charge in [-0.1, -0.05) is 60.1 Å². The van der Waals surface area contributed by atoms with Crippen LogP contribution in [0.1, 0.15) is 5.56 Å². The molecule has 1 aliphatic heterocycles. The molecule has 0 spiro atoms. The molecule has 0 saturated carbocycles. The highest BCUT2D eigenvalue weighted by atomic mass is 35.5. The second-order valence-corrected chi connectivity index (χ2v) is 8.38. The summed E-state index contributed by atoms with van der Waals surface area (Å²) in [5.41, 5.74) is 1.89. The van der Waals surface area contributed by atoms with Crippen molar-refractivity contribution in [3.05, 3.63) is 89.4 Å². The van der Waals surface area contributed by atoms with Gasteiger partial charge in [0.25, 0.3) is 0 Å². The number of nitrogens with one attached hydrogen (secondary N) is 2. The summed E-state index contributed by atoms with van der Waals surface area (Å²) in [4.78, 5) is 5.80. The Morgan fingerprint density at radius 3 is 2.56 bits per heavy atom. The van der Waals surface area contributed by atoms with Crippen molar-refractivity contribution >= 4 is 46.0 Å². The SMILES string of the molecule is COc1ccc2ccccc2c1CN=C1NSc2cccc(Oc3ccccc3Cl)c2N1. The third-order valence-electron chi connectivity index (χ3n) is 5.16. The first-order chi connectivity index (χ1) is 15.7. The van der Waals surface area contributed by atoms with Gasteiger partial charge in [-0.2, -0.15) is 0 Å². The highest BCUT2D eigenvalue weighted by molar-refractivity contribution is 7.98. The summed E-state index contributed by atoms with van der Waals surface area (Å²) >= 11 is 7.77. The summed E-state index contributed by atoms with van der Waals surface area (Å²) in [5, 5.41) is 6.21. The normalized spacial score (nSPS) is 13.9. The van der Waals surface area contributed by atoms with Gasteiger partial charge in [0, 0.05) is 5.56 Å². The van der Waals surface area contributed by atoms with Crippen molar-refractivity contribution in [3.63, 3.8) is 0 Å². The quantitative estimate of drug-likeness (QED) is 0.317. The molecule has 0 aliphatic carbocycles. The monoisotopic (exact) mass is 461 g/mol. The van der Waals surface area contributed by atoms with E-state index in [0.29, 0.717) is 29.0 Å². The predicted octanol–water partition coefficient (Wildman–Crippen LogP) is 6.87. The molecule has 32 heavy (non-hydrogen) atoms. The van der Waals surface area contributed by atoms with Gasteiger partial charge in [-0.05, 0) is 53.1 Å². The van der Waals surface area contributed by atoms with E-state index in [4.69, 9.17) is 26.1 Å². The number of guanidine groups is 1. The van der Waals surface area contributed by atoms with Crippen molar-refractivity contribution < 1.29 is 9.47 Å². The second kappa shape index (κ2) is 9.02. The first-order valence-electron chi connectivity index (χ1n) is 10.1. The zero-order valence-corrected chi connectivity index (χ0v) is 18.8. The van der Waals surface area contributed by atoms with Gasteiger partial charge in [-0.3, -0.25) is 4.72 Å². The largest absolute Gasteiger partial charge is 0.496 e. The molecule has 1 heterocycles. The topological polar surface area (TPSA) is 54.9 Å². The van der Waals surface area contributed by atoms with Crippen LogP contribution in [0.5, 0.6) is 17.2 Å². The van der Waals surface area contributed by atoms with Gasteiger partial charge in [-0.15, -0.1) is 0 Å². The Bertz CT molecular complexity index is 1330. The van der Waals surface area contributed by atoms with E-state index >= 15 is 0 Å². The van der Waals surface area contributed by atoms with Gasteiger partial charge >= 0.3 is 0 Å². The van der Waals surface area contributed by atoms with Crippen molar-refractivity contribution in [2.75, 3.05) is 12.4 Å². The Balaban J connectivity index is 1.44. The number of anilines is 1. The van der Waals surface area contributed by atoms with Gasteiger partial charge in [-0.25, -0.2) is 4.99 Å². The van der Waals surface area contributed by atoms with E-state index in [1.165, 1.54) is 11.9 Å². The number of rotatable bonds is 5. The van der Waals surface area contributed by atoms with Crippen molar-refractivity contribution in [3.8, 4) is 17.2 Å². The third-order valence-corrected chi connectivity index (χ3v) is 6.33. The van der Waals surface area contributed by atoms with Crippen LogP contribution in [-0.4, -0.2) is 13.1 Å². The van der Waals surface area contributed by atoms with Crippen LogP contribution in [0.25, 0.3) is 10.8 Å². The van der Waals surface area contributed by atoms with Crippen molar-refractivity contribution in [1.29, 1.82) is 0 Å². The molecule has 4 aromatic carbocycles. The summed E-state index contributed by atoms with van der Waals surface area (Å²) in [6.07, 6.45) is 0. The number of benzene rings is 4. The molecule has 0 amide bonds. The molecule has 0 unspecified atom stereocenters. The maximum absolute atomic E-state index is 6.28. The predicted molar refractivity (Wildman–Crippen MR) is 132 cm³/mol. The molecule has 5 nitrogen and oxygen atoms in total. The fourth-order valence-corrected chi connectivity index (χ4v) is 4.49. The minimum Gasteiger partial charge on any atom is -0.496 e. The molecule has 0 atom stereocenters. The van der Waals surface area contributed by atoms with Gasteiger partial charge < -0.3 is 14.8 Å². The van der Waals surface area contributed by atoms with Gasteiger partial charge in [0.1, 0.15) is 11.5 Å². The van der Waals surface area contributed by atoms with Gasteiger partial charge in [0.2, 0.25) is 5.96 Å². The number of nitrogens with zero attached hydrogens (tertiary/aromatic N) is 1. The summed E-state index contributed by atoms with van der Waals surface area (Å²) in [5.74, 6) is 2.75. The van der Waals surface area contributed by atoms with Crippen molar-refractivity contribution in [1.82, 2.24) is 4.72 Å². The number of fused-ring (bicyclic) bond motifs is 2. The van der Waals surface area contributed by atoms with Crippen LogP contribution >= 0.6 is 23.5 Å². The maximum atomic E-state index is 6.28. The van der Waals surface area contributed by atoms with E-state index < -0.39 is 0 Å². The van der Waals surface area contributed by atoms with Crippen LogP contribution in [0.4, 0.5) is 5.69 Å². The van der Waals surface area contributed by atoms with E-state index in [-0.39, 0.29) is 0 Å². The second-order valence-electron chi connectivity index (χ2n) is 7.12. The molecule has 7 heteroatoms. The zero-order chi connectivity index (χ0) is 21.9. The molecule has 0 radical (unpaired) electrons. The molecular weight excluding hydrogens is 442 g/mol. The molecule has 5 rings (SSSR count). The van der Waals surface area contributed by atoms with E-state index in [0.717, 1.165) is 32.7 Å². The smallest absolute Gasteiger partial charge is 0.206 e. The number of para-hydroxylation sites is 2. The molecule has 4 aromatic rings. The first kappa shape index (κ1) is 20.5. The van der Waals surface area contributed by atoms with Crippen LogP contribution in [0.15, 0.2) is 88.8 Å². The summed E-state index contributed by atoms with van der Waals surface area (Å²) < 4.78 is 15.0. The minimum absolute atomic E-state index is 0.462. The summed E-state index contributed by atoms with van der Waals surface area (Å²) in [6.45, 7) is 0.462. The molecule has 0 bridgehead atoms. The first-order valence-corrected chi connectivity index (χ1v) is 11.3. The summed E-state index contributed by atoms with van der Waals surface area (Å²) in [6, 6.07) is 25.6. The number of methoxy groups -OCH3 is 1. The van der Waals surface area contributed by atoms with Gasteiger partial charge in [0.05, 0.1) is 29.3 Å². The fourth-order valence-electron chi connectivity index (χ4n) is 3.60. The summed E-state index contributed by atoms with van der Waals surface area (Å²) in [7, 11) is 1.68. The fraction of sp³-hybridized carbons (Fsp3) is 0.0800. The molecule has 2 N–H and O–H groups in total. The highest BCUT2D eigenvalue weighted by Gasteiger charge is 2.19. The highest BCUT2D eigenvalue weighted by Crippen LogP contribution is 2.40. The lowest BCUT2D eigenvalue weighted by Gasteiger charge is -2.23. The van der Waals surface area contributed by atoms with E-state index in [1.807, 2.05) is 54.6 Å². The standard InChI is InChI=1S/C25H20ClN3O2S/c1-30-20-14-13-16-7-2-3-8-17(16)18(20)15-27-25-28-24-22(11-6-12-23(24)32-29-25)31-21-10-5-4-9-19(21)26/h2-14H,15H2,1H3,(H2,27,28,29). The molecule has 0 saturated heterocycles. The lowest BCUT2D eigenvalue weighted by atomic mass is 10.0. The Hall–Kier alpha value is -3.35. The van der Waals surface area contributed by atoms with E-state index in [1.54, 1.807) is 13.2 Å². The number of hydrogen-bond acceptors (Lipinski definition) is 4. The average molecular weight is 462 g/mol. The molecule has 1 aliphatic rings. The zero-order valence-electron chi connectivity index (χ0n) is 17.3. The Morgan fingerprint density at radius 1 is 0.875 bits per heavy atom. The average Bonchev–Trinajstić information content (AvgIpc) is 2.84. The Morgan fingerprint density at radius 2 is 1.69 bits per heavy atom. The molecule has 0 aromatic heterocycles. The van der Waals surface area contributed by atoms with Crippen LogP contribution in [0.3, 0.4) is 0 Å². The number of ether oxygens (including phenoxy) is 2. The number of aliphatic imine (C=N–C) groups is 1. The van der Waals surface area contributed by atoms with Crippen molar-refractivity contribution in [2.45, 2.75) is 11.4 Å². The Kier molecular flexibility index (Phi) is 5.79. The van der Waals surface area contributed by atoms with E-state index in [9.17, 15) is 0 Å². The lowest BCUT2D eigenvalue weighted by Crippen LogP contribution is -2.29. The molecule has 160 valence electrons. The Labute approximate surface area is 195 Å². The molecular formula is C25H20ClN3O2S. The number of hydrogen-bond donors (Lipinski definition) is 2. The third kappa shape index (κ3) is 4.07. The van der Waals surface area contributed by atoms with Gasteiger partial charge in [0.15, 0.2) is 5.75 Å².